The molecule has 0 saturated heterocycles. The van der Waals surface area contributed by atoms with Gasteiger partial charge in [0.05, 0.1) is 5.82 Å². The zero-order chi connectivity index (χ0) is 11.1. The van der Waals surface area contributed by atoms with Crippen molar-refractivity contribution in [1.29, 1.82) is 0 Å². The molecular formula is C12H17N3. The van der Waals surface area contributed by atoms with Gasteiger partial charge in [0, 0.05) is 5.70 Å². The summed E-state index contributed by atoms with van der Waals surface area (Å²) in [6, 6.07) is 10.2. The highest BCUT2D eigenvalue weighted by Gasteiger charge is 1.93. The first-order valence-electron chi connectivity index (χ1n) is 4.89. The maximum atomic E-state index is 5.78. The van der Waals surface area contributed by atoms with Crippen molar-refractivity contribution in [3.63, 3.8) is 0 Å². The molecule has 15 heavy (non-hydrogen) atoms. The van der Waals surface area contributed by atoms with Gasteiger partial charge in [-0.3, -0.25) is 0 Å². The topological polar surface area (TPSA) is 78.1 Å². The van der Waals surface area contributed by atoms with Crippen LogP contribution in [0.1, 0.15) is 12.0 Å². The van der Waals surface area contributed by atoms with Crippen molar-refractivity contribution in [3.05, 3.63) is 59.6 Å². The van der Waals surface area contributed by atoms with Crippen LogP contribution in [0.2, 0.25) is 0 Å². The largest absolute Gasteiger partial charge is 0.402 e. The van der Waals surface area contributed by atoms with E-state index in [1.807, 2.05) is 18.2 Å². The molecule has 1 aromatic rings. The molecule has 0 bridgehead atoms. The van der Waals surface area contributed by atoms with Gasteiger partial charge in [0.1, 0.15) is 0 Å². The Morgan fingerprint density at radius 3 is 2.27 bits per heavy atom. The highest BCUT2D eigenvalue weighted by molar-refractivity contribution is 5.18. The lowest BCUT2D eigenvalue weighted by Crippen LogP contribution is -2.07. The molecule has 3 heteroatoms. The molecule has 0 atom stereocenters. The van der Waals surface area contributed by atoms with Crippen LogP contribution in [-0.4, -0.2) is 0 Å². The molecular weight excluding hydrogens is 186 g/mol. The van der Waals surface area contributed by atoms with E-state index in [0.717, 1.165) is 18.5 Å². The Hall–Kier alpha value is -1.90. The first-order valence-corrected chi connectivity index (χ1v) is 4.89. The van der Waals surface area contributed by atoms with Gasteiger partial charge in [-0.2, -0.15) is 0 Å². The lowest BCUT2D eigenvalue weighted by atomic mass is 10.1. The van der Waals surface area contributed by atoms with Crippen LogP contribution >= 0.6 is 0 Å². The van der Waals surface area contributed by atoms with Crippen molar-refractivity contribution in [2.75, 3.05) is 0 Å². The van der Waals surface area contributed by atoms with E-state index in [1.54, 1.807) is 12.2 Å². The lowest BCUT2D eigenvalue weighted by Gasteiger charge is -2.01. The van der Waals surface area contributed by atoms with Crippen LogP contribution in [0, 0.1) is 0 Å². The standard InChI is InChI=1S/C12H17N3/c13-11(8-9-12(14)15)7-6-10-4-2-1-3-5-10/h1-5,8-9H,6-7,13-15H2/b11-8-. The summed E-state index contributed by atoms with van der Waals surface area (Å²) in [6.45, 7) is 0. The quantitative estimate of drug-likeness (QED) is 0.644. The van der Waals surface area contributed by atoms with E-state index in [1.165, 1.54) is 5.56 Å². The lowest BCUT2D eigenvalue weighted by molar-refractivity contribution is 0.926. The minimum atomic E-state index is 0.276. The molecule has 0 amide bonds. The average Bonchev–Trinajstić information content (AvgIpc) is 2.25. The number of nitrogens with two attached hydrogens (primary N) is 3. The first-order chi connectivity index (χ1) is 7.18. The fourth-order valence-electron chi connectivity index (χ4n) is 1.22. The van der Waals surface area contributed by atoms with Gasteiger partial charge in [0.2, 0.25) is 0 Å². The van der Waals surface area contributed by atoms with Crippen molar-refractivity contribution in [1.82, 2.24) is 0 Å². The zero-order valence-corrected chi connectivity index (χ0v) is 8.69. The second-order valence-corrected chi connectivity index (χ2v) is 3.39. The summed E-state index contributed by atoms with van der Waals surface area (Å²) in [5.74, 6) is 0.276. The molecule has 0 heterocycles. The Labute approximate surface area is 90.3 Å². The number of hydrogen-bond acceptors (Lipinski definition) is 3. The Morgan fingerprint density at radius 1 is 1.00 bits per heavy atom. The molecule has 0 aliphatic rings. The first kappa shape index (κ1) is 11.2. The Kier molecular flexibility index (Phi) is 4.29. The van der Waals surface area contributed by atoms with E-state index in [0.29, 0.717) is 0 Å². The van der Waals surface area contributed by atoms with Crippen molar-refractivity contribution in [3.8, 4) is 0 Å². The van der Waals surface area contributed by atoms with E-state index >= 15 is 0 Å². The van der Waals surface area contributed by atoms with E-state index in [9.17, 15) is 0 Å². The second kappa shape index (κ2) is 5.75. The van der Waals surface area contributed by atoms with Crippen LogP contribution in [-0.2, 0) is 6.42 Å². The van der Waals surface area contributed by atoms with E-state index < -0.39 is 0 Å². The third-order valence-corrected chi connectivity index (χ3v) is 2.04. The van der Waals surface area contributed by atoms with Gasteiger partial charge in [-0.05, 0) is 30.6 Å². The van der Waals surface area contributed by atoms with Crippen LogP contribution in [0.25, 0.3) is 0 Å². The Balaban J connectivity index is 2.44. The molecule has 3 nitrogen and oxygen atoms in total. The predicted octanol–water partition coefficient (Wildman–Crippen LogP) is 1.22. The van der Waals surface area contributed by atoms with Crippen LogP contribution in [0.3, 0.4) is 0 Å². The minimum absolute atomic E-state index is 0.276. The van der Waals surface area contributed by atoms with Crippen LogP contribution in [0.4, 0.5) is 0 Å². The highest BCUT2D eigenvalue weighted by Crippen LogP contribution is 2.05. The summed E-state index contributed by atoms with van der Waals surface area (Å²) in [7, 11) is 0. The monoisotopic (exact) mass is 203 g/mol. The van der Waals surface area contributed by atoms with Gasteiger partial charge >= 0.3 is 0 Å². The fraction of sp³-hybridized carbons (Fsp3) is 0.167. The van der Waals surface area contributed by atoms with E-state index in [2.05, 4.69) is 12.1 Å². The van der Waals surface area contributed by atoms with Gasteiger partial charge in [0.25, 0.3) is 0 Å². The summed E-state index contributed by atoms with van der Waals surface area (Å²) >= 11 is 0. The second-order valence-electron chi connectivity index (χ2n) is 3.39. The molecule has 0 spiro atoms. The molecule has 80 valence electrons. The molecule has 0 saturated carbocycles. The molecule has 0 unspecified atom stereocenters. The van der Waals surface area contributed by atoms with Crippen molar-refractivity contribution in [2.24, 2.45) is 17.2 Å². The zero-order valence-electron chi connectivity index (χ0n) is 8.69. The van der Waals surface area contributed by atoms with Gasteiger partial charge in [0.15, 0.2) is 0 Å². The van der Waals surface area contributed by atoms with Crippen LogP contribution < -0.4 is 17.2 Å². The maximum Gasteiger partial charge on any atom is 0.0934 e. The number of aryl methyl sites for hydroxylation is 1. The van der Waals surface area contributed by atoms with Gasteiger partial charge in [-0.25, -0.2) is 0 Å². The minimum Gasteiger partial charge on any atom is -0.402 e. The van der Waals surface area contributed by atoms with Gasteiger partial charge in [-0.1, -0.05) is 30.3 Å². The normalized spacial score (nSPS) is 11.1. The number of allylic oxidation sites excluding steroid dienone is 3. The van der Waals surface area contributed by atoms with Crippen molar-refractivity contribution in [2.45, 2.75) is 12.8 Å². The van der Waals surface area contributed by atoms with Crippen LogP contribution in [0.5, 0.6) is 0 Å². The molecule has 0 radical (unpaired) electrons. The van der Waals surface area contributed by atoms with Gasteiger partial charge < -0.3 is 17.2 Å². The van der Waals surface area contributed by atoms with Crippen molar-refractivity contribution >= 4 is 0 Å². The van der Waals surface area contributed by atoms with Crippen molar-refractivity contribution < 1.29 is 0 Å². The van der Waals surface area contributed by atoms with Crippen LogP contribution in [0.15, 0.2) is 54.0 Å². The van der Waals surface area contributed by atoms with Gasteiger partial charge in [-0.15, -0.1) is 0 Å². The molecule has 1 rings (SSSR count). The summed E-state index contributed by atoms with van der Waals surface area (Å²) in [4.78, 5) is 0. The third-order valence-electron chi connectivity index (χ3n) is 2.04. The number of benzene rings is 1. The number of hydrogen-bond donors (Lipinski definition) is 3. The fourth-order valence-corrected chi connectivity index (χ4v) is 1.22. The summed E-state index contributed by atoms with van der Waals surface area (Å²) in [6.07, 6.45) is 5.11. The summed E-state index contributed by atoms with van der Waals surface area (Å²) in [5.41, 5.74) is 18.4. The average molecular weight is 203 g/mol. The Morgan fingerprint density at radius 2 is 1.67 bits per heavy atom. The molecule has 0 aromatic heterocycles. The molecule has 0 fully saturated rings. The number of rotatable bonds is 4. The molecule has 0 aliphatic heterocycles. The smallest absolute Gasteiger partial charge is 0.0934 e. The maximum absolute atomic E-state index is 5.78. The van der Waals surface area contributed by atoms with E-state index in [-0.39, 0.29) is 5.82 Å². The summed E-state index contributed by atoms with van der Waals surface area (Å²) < 4.78 is 0. The molecule has 0 aliphatic carbocycles. The molecule has 6 N–H and O–H groups in total. The summed E-state index contributed by atoms with van der Waals surface area (Å²) in [5, 5.41) is 0. The highest BCUT2D eigenvalue weighted by atomic mass is 14.8. The predicted molar refractivity (Wildman–Crippen MR) is 63.5 cm³/mol. The molecule has 1 aromatic carbocycles. The van der Waals surface area contributed by atoms with E-state index in [4.69, 9.17) is 17.2 Å². The Bertz CT molecular complexity index is 348. The third kappa shape index (κ3) is 4.76. The SMILES string of the molecule is NC(N)=C/C=C(\N)CCc1ccccc1.